The van der Waals surface area contributed by atoms with Crippen molar-refractivity contribution >= 4 is 46.0 Å². The van der Waals surface area contributed by atoms with Crippen molar-refractivity contribution in [3.8, 4) is 0 Å². The number of anilines is 1. The minimum absolute atomic E-state index is 0.102. The molecule has 1 aromatic heterocycles. The molecule has 2 heterocycles. The van der Waals surface area contributed by atoms with Crippen LogP contribution in [-0.2, 0) is 12.7 Å². The molecule has 1 aliphatic heterocycles. The number of carbonyl (C=O) groups is 2. The minimum Gasteiger partial charge on any atom is -0.396 e. The number of amides is 2. The van der Waals surface area contributed by atoms with Crippen LogP contribution in [0.4, 0.5) is 18.2 Å². The zero-order chi connectivity index (χ0) is 28.9. The summed E-state index contributed by atoms with van der Waals surface area (Å²) in [4.78, 5) is 28.2. The van der Waals surface area contributed by atoms with Crippen molar-refractivity contribution in [2.75, 3.05) is 25.0 Å². The van der Waals surface area contributed by atoms with Gasteiger partial charge in [-0.15, -0.1) is 11.3 Å². The summed E-state index contributed by atoms with van der Waals surface area (Å²) in [6, 6.07) is 10.6. The molecule has 2 amide bonds. The molecule has 212 valence electrons. The van der Waals surface area contributed by atoms with Crippen LogP contribution in [0.5, 0.6) is 0 Å². The van der Waals surface area contributed by atoms with Crippen LogP contribution in [-0.4, -0.2) is 47.7 Å². The van der Waals surface area contributed by atoms with Gasteiger partial charge in [0, 0.05) is 18.7 Å². The molecule has 2 aromatic carbocycles. The maximum atomic E-state index is 13.1. The minimum atomic E-state index is -4.62. The van der Waals surface area contributed by atoms with Crippen LogP contribution < -0.4 is 10.7 Å². The quantitative estimate of drug-likeness (QED) is 0.223. The predicted octanol–water partition coefficient (Wildman–Crippen LogP) is 5.95. The number of aryl methyl sites for hydroxylation is 1. The Balaban J connectivity index is 1.40. The van der Waals surface area contributed by atoms with E-state index in [9.17, 15) is 27.9 Å². The summed E-state index contributed by atoms with van der Waals surface area (Å²) in [5, 5.41) is 17.5. The molecule has 0 atom stereocenters. The van der Waals surface area contributed by atoms with E-state index >= 15 is 0 Å². The van der Waals surface area contributed by atoms with Gasteiger partial charge in [0.2, 0.25) is 0 Å². The number of thiophene rings is 1. The Morgan fingerprint density at radius 2 is 1.93 bits per heavy atom. The number of carbonyl (C=O) groups excluding carboxylic acids is 2. The maximum absolute atomic E-state index is 13.1. The number of nitrogens with zero attached hydrogens (tertiary/aromatic N) is 2. The van der Waals surface area contributed by atoms with Crippen LogP contribution in [0.1, 0.15) is 55.8 Å². The van der Waals surface area contributed by atoms with Crippen molar-refractivity contribution in [2.45, 2.75) is 32.5 Å². The van der Waals surface area contributed by atoms with E-state index in [2.05, 4.69) is 20.7 Å². The van der Waals surface area contributed by atoms with Gasteiger partial charge in [-0.25, -0.2) is 5.43 Å². The number of aliphatic hydroxyl groups excluding tert-OH is 1. The van der Waals surface area contributed by atoms with Gasteiger partial charge >= 0.3 is 6.18 Å². The Kier molecular flexibility index (Phi) is 9.62. The van der Waals surface area contributed by atoms with E-state index in [4.69, 9.17) is 11.6 Å². The van der Waals surface area contributed by atoms with Crippen molar-refractivity contribution in [2.24, 2.45) is 11.0 Å². The lowest BCUT2D eigenvalue weighted by atomic mass is 9.97. The highest BCUT2D eigenvalue weighted by molar-refractivity contribution is 7.15. The van der Waals surface area contributed by atoms with E-state index < -0.39 is 22.7 Å². The van der Waals surface area contributed by atoms with E-state index in [1.807, 2.05) is 18.2 Å². The summed E-state index contributed by atoms with van der Waals surface area (Å²) in [5.41, 5.74) is 3.67. The van der Waals surface area contributed by atoms with E-state index in [1.165, 1.54) is 17.4 Å². The van der Waals surface area contributed by atoms with E-state index in [1.54, 1.807) is 18.4 Å². The summed E-state index contributed by atoms with van der Waals surface area (Å²) in [6.07, 6.45) is -1.65. The first-order chi connectivity index (χ1) is 19.0. The fourth-order valence-electron chi connectivity index (χ4n) is 4.45. The summed E-state index contributed by atoms with van der Waals surface area (Å²) < 4.78 is 39.3. The summed E-state index contributed by atoms with van der Waals surface area (Å²) in [6.45, 7) is 4.39. The third kappa shape index (κ3) is 7.48. The summed E-state index contributed by atoms with van der Waals surface area (Å²) in [7, 11) is 0. The van der Waals surface area contributed by atoms with E-state index in [-0.39, 0.29) is 23.6 Å². The second kappa shape index (κ2) is 12.9. The average molecular weight is 593 g/mol. The predicted molar refractivity (Wildman–Crippen MR) is 150 cm³/mol. The Labute approximate surface area is 238 Å². The fourth-order valence-corrected chi connectivity index (χ4v) is 5.61. The van der Waals surface area contributed by atoms with Crippen molar-refractivity contribution in [3.05, 3.63) is 86.2 Å². The fraction of sp³-hybridized carbons (Fsp3) is 0.321. The van der Waals surface area contributed by atoms with Gasteiger partial charge in [0.25, 0.3) is 11.8 Å². The zero-order valence-corrected chi connectivity index (χ0v) is 23.2. The van der Waals surface area contributed by atoms with Gasteiger partial charge < -0.3 is 10.4 Å². The number of piperidine rings is 1. The molecular weight excluding hydrogens is 565 g/mol. The molecule has 0 spiro atoms. The third-order valence-corrected chi connectivity index (χ3v) is 8.01. The highest BCUT2D eigenvalue weighted by atomic mass is 35.5. The van der Waals surface area contributed by atoms with Gasteiger partial charge in [-0.05, 0) is 85.1 Å². The number of hydrogen-bond donors (Lipinski definition) is 3. The van der Waals surface area contributed by atoms with Gasteiger partial charge in [0.15, 0.2) is 0 Å². The van der Waals surface area contributed by atoms with Crippen LogP contribution in [0.15, 0.2) is 52.9 Å². The molecule has 3 N–H and O–H groups in total. The number of alkyl halides is 3. The summed E-state index contributed by atoms with van der Waals surface area (Å²) in [5.74, 6) is -0.643. The SMILES string of the molecule is Cc1csc(NC(=O)c2cccc(CN3CCC(CO)CC3)c2)c1C(=O)NN=Cc1ccc(Cl)c(C(F)(F)F)c1. The average Bonchev–Trinajstić information content (AvgIpc) is 3.29. The number of halogens is 4. The molecule has 40 heavy (non-hydrogen) atoms. The number of benzene rings is 2. The van der Waals surface area contributed by atoms with Crippen molar-refractivity contribution in [1.29, 1.82) is 0 Å². The monoisotopic (exact) mass is 592 g/mol. The molecule has 4 rings (SSSR count). The molecule has 1 fully saturated rings. The van der Waals surface area contributed by atoms with Crippen LogP contribution in [0.25, 0.3) is 0 Å². The largest absolute Gasteiger partial charge is 0.417 e. The normalized spacial score (nSPS) is 14.9. The van der Waals surface area contributed by atoms with Crippen molar-refractivity contribution < 1.29 is 27.9 Å². The number of hydrazone groups is 1. The van der Waals surface area contributed by atoms with E-state index in [0.29, 0.717) is 28.6 Å². The van der Waals surface area contributed by atoms with Crippen LogP contribution in [0, 0.1) is 12.8 Å². The molecule has 12 heteroatoms. The first-order valence-electron chi connectivity index (χ1n) is 12.6. The number of rotatable bonds is 8. The smallest absolute Gasteiger partial charge is 0.396 e. The number of hydrogen-bond acceptors (Lipinski definition) is 6. The van der Waals surface area contributed by atoms with Crippen LogP contribution >= 0.6 is 22.9 Å². The standard InChI is InChI=1S/C28H28ClF3N4O3S/c1-17-16-40-27(24(17)26(39)35-33-13-19-5-6-23(29)22(12-19)28(30,31)32)34-25(38)21-4-2-3-20(11-21)14-36-9-7-18(15-37)8-10-36/h2-6,11-13,16,18,37H,7-10,14-15H2,1H3,(H,34,38)(H,35,39). The zero-order valence-electron chi connectivity index (χ0n) is 21.6. The number of likely N-dealkylation sites (tertiary alicyclic amines) is 1. The lowest BCUT2D eigenvalue weighted by molar-refractivity contribution is -0.137. The molecule has 0 aliphatic carbocycles. The Morgan fingerprint density at radius 1 is 1.18 bits per heavy atom. The molecular formula is C28H28ClF3N4O3S. The highest BCUT2D eigenvalue weighted by Crippen LogP contribution is 2.35. The van der Waals surface area contributed by atoms with Gasteiger partial charge in [-0.2, -0.15) is 18.3 Å². The van der Waals surface area contributed by atoms with Crippen LogP contribution in [0.3, 0.4) is 0 Å². The lowest BCUT2D eigenvalue weighted by Gasteiger charge is -2.31. The Bertz CT molecular complexity index is 1400. The van der Waals surface area contributed by atoms with E-state index in [0.717, 1.165) is 49.8 Å². The van der Waals surface area contributed by atoms with Crippen molar-refractivity contribution in [3.63, 3.8) is 0 Å². The molecule has 7 nitrogen and oxygen atoms in total. The molecule has 0 unspecified atom stereocenters. The summed E-state index contributed by atoms with van der Waals surface area (Å²) >= 11 is 6.82. The number of nitrogens with one attached hydrogen (secondary N) is 2. The maximum Gasteiger partial charge on any atom is 0.417 e. The van der Waals surface area contributed by atoms with Crippen LogP contribution in [0.2, 0.25) is 5.02 Å². The lowest BCUT2D eigenvalue weighted by Crippen LogP contribution is -2.34. The Hall–Kier alpha value is -3.25. The topological polar surface area (TPSA) is 94.0 Å². The van der Waals surface area contributed by atoms with Gasteiger partial charge in [-0.3, -0.25) is 14.5 Å². The number of aliphatic hydroxyl groups is 1. The van der Waals surface area contributed by atoms with Gasteiger partial charge in [0.1, 0.15) is 5.00 Å². The second-order valence-electron chi connectivity index (χ2n) is 9.62. The molecule has 3 aromatic rings. The molecule has 1 saturated heterocycles. The molecule has 0 bridgehead atoms. The highest BCUT2D eigenvalue weighted by Gasteiger charge is 2.33. The second-order valence-corrected chi connectivity index (χ2v) is 10.9. The van der Waals surface area contributed by atoms with Gasteiger partial charge in [0.05, 0.1) is 22.4 Å². The first kappa shape index (κ1) is 29.7. The Morgan fingerprint density at radius 3 is 2.62 bits per heavy atom. The molecule has 0 saturated carbocycles. The van der Waals surface area contributed by atoms with Crippen molar-refractivity contribution in [1.82, 2.24) is 10.3 Å². The third-order valence-electron chi connectivity index (χ3n) is 6.67. The molecule has 0 radical (unpaired) electrons. The first-order valence-corrected chi connectivity index (χ1v) is 13.8. The van der Waals surface area contributed by atoms with Gasteiger partial charge in [-0.1, -0.05) is 29.8 Å². The molecule has 1 aliphatic rings.